The molecule has 0 aliphatic rings. The van der Waals surface area contributed by atoms with Crippen molar-refractivity contribution < 1.29 is 31.2 Å². The van der Waals surface area contributed by atoms with Crippen molar-refractivity contribution in [3.63, 3.8) is 0 Å². The van der Waals surface area contributed by atoms with E-state index in [4.69, 9.17) is 11.6 Å². The van der Waals surface area contributed by atoms with Crippen molar-refractivity contribution in [2.24, 2.45) is 0 Å². The number of amides is 2. The van der Waals surface area contributed by atoms with E-state index in [1.165, 1.54) is 29.2 Å². The topological polar surface area (TPSA) is 86.8 Å². The number of rotatable bonds is 11. The van der Waals surface area contributed by atoms with E-state index in [0.29, 0.717) is 15.9 Å². The molecule has 0 aliphatic heterocycles. The molecule has 1 N–H and O–H groups in total. The van der Waals surface area contributed by atoms with E-state index < -0.39 is 56.9 Å². The summed E-state index contributed by atoms with van der Waals surface area (Å²) in [5, 5.41) is 2.17. The zero-order valence-electron chi connectivity index (χ0n) is 23.7. The Labute approximate surface area is 249 Å². The molecule has 0 spiro atoms. The summed E-state index contributed by atoms with van der Waals surface area (Å²) in [6, 6.07) is 15.8. The smallest absolute Gasteiger partial charge is 0.352 e. The maximum Gasteiger partial charge on any atom is 0.417 e. The molecule has 3 aromatic rings. The third-order valence-electron chi connectivity index (χ3n) is 6.44. The number of nitrogens with one attached hydrogen (secondary N) is 1. The van der Waals surface area contributed by atoms with Crippen LogP contribution in [0.4, 0.5) is 18.9 Å². The Bertz CT molecular complexity index is 1500. The molecule has 3 aromatic carbocycles. The molecule has 0 aliphatic carbocycles. The maximum atomic E-state index is 14.0. The van der Waals surface area contributed by atoms with Gasteiger partial charge in [-0.15, -0.1) is 0 Å². The molecule has 0 aromatic heterocycles. The van der Waals surface area contributed by atoms with E-state index in [1.54, 1.807) is 39.0 Å². The van der Waals surface area contributed by atoms with Crippen molar-refractivity contribution in [2.45, 2.75) is 63.8 Å². The van der Waals surface area contributed by atoms with Gasteiger partial charge in [-0.1, -0.05) is 66.6 Å². The zero-order chi connectivity index (χ0) is 31.2. The summed E-state index contributed by atoms with van der Waals surface area (Å²) in [4.78, 5) is 28.2. The molecule has 0 saturated heterocycles. The Morgan fingerprint density at radius 1 is 0.976 bits per heavy atom. The van der Waals surface area contributed by atoms with Crippen LogP contribution in [-0.2, 0) is 32.3 Å². The molecule has 226 valence electrons. The molecule has 0 fully saturated rings. The lowest BCUT2D eigenvalue weighted by Crippen LogP contribution is -2.53. The van der Waals surface area contributed by atoms with Crippen molar-refractivity contribution in [3.8, 4) is 0 Å². The van der Waals surface area contributed by atoms with E-state index in [1.807, 2.05) is 19.1 Å². The number of anilines is 1. The summed E-state index contributed by atoms with van der Waals surface area (Å²) < 4.78 is 69.5. The molecular weight excluding hydrogens is 591 g/mol. The minimum absolute atomic E-state index is 0.0310. The van der Waals surface area contributed by atoms with Gasteiger partial charge >= 0.3 is 6.18 Å². The number of alkyl halides is 3. The van der Waals surface area contributed by atoms with Crippen LogP contribution in [0.15, 0.2) is 77.7 Å². The van der Waals surface area contributed by atoms with Crippen molar-refractivity contribution >= 4 is 39.1 Å². The van der Waals surface area contributed by atoms with E-state index >= 15 is 0 Å². The van der Waals surface area contributed by atoms with Gasteiger partial charge in [0.1, 0.15) is 12.6 Å². The summed E-state index contributed by atoms with van der Waals surface area (Å²) in [5.41, 5.74) is 0.0122. The van der Waals surface area contributed by atoms with Gasteiger partial charge in [0.15, 0.2) is 0 Å². The van der Waals surface area contributed by atoms with Gasteiger partial charge in [0.2, 0.25) is 11.8 Å². The highest BCUT2D eigenvalue weighted by molar-refractivity contribution is 7.92. The molecule has 12 heteroatoms. The largest absolute Gasteiger partial charge is 0.417 e. The number of hydrogen-bond acceptors (Lipinski definition) is 4. The third-order valence-corrected chi connectivity index (χ3v) is 8.56. The van der Waals surface area contributed by atoms with Crippen LogP contribution in [0.2, 0.25) is 5.02 Å². The molecule has 2 amide bonds. The lowest BCUT2D eigenvalue weighted by atomic mass is 10.1. The van der Waals surface area contributed by atoms with Crippen molar-refractivity contribution in [3.05, 3.63) is 94.5 Å². The highest BCUT2D eigenvalue weighted by atomic mass is 35.5. The molecule has 0 saturated carbocycles. The average Bonchev–Trinajstić information content (AvgIpc) is 2.92. The highest BCUT2D eigenvalue weighted by Crippen LogP contribution is 2.38. The predicted molar refractivity (Wildman–Crippen MR) is 157 cm³/mol. The van der Waals surface area contributed by atoms with Crippen LogP contribution in [0.25, 0.3) is 0 Å². The number of sulfonamides is 1. The first-order chi connectivity index (χ1) is 19.6. The molecule has 7 nitrogen and oxygen atoms in total. The maximum absolute atomic E-state index is 14.0. The number of aryl methyl sites for hydroxylation is 1. The van der Waals surface area contributed by atoms with Crippen LogP contribution in [-0.4, -0.2) is 43.8 Å². The van der Waals surface area contributed by atoms with Crippen LogP contribution in [0.5, 0.6) is 0 Å². The Morgan fingerprint density at radius 3 is 2.14 bits per heavy atom. The highest BCUT2D eigenvalue weighted by Gasteiger charge is 2.37. The predicted octanol–water partition coefficient (Wildman–Crippen LogP) is 6.19. The summed E-state index contributed by atoms with van der Waals surface area (Å²) in [6.07, 6.45) is -4.67. The number of halogens is 4. The van der Waals surface area contributed by atoms with Crippen LogP contribution < -0.4 is 9.62 Å². The second-order valence-electron chi connectivity index (χ2n) is 10.1. The van der Waals surface area contributed by atoms with Gasteiger partial charge in [0, 0.05) is 12.6 Å². The fourth-order valence-corrected chi connectivity index (χ4v) is 5.98. The summed E-state index contributed by atoms with van der Waals surface area (Å²) >= 11 is 5.80. The van der Waals surface area contributed by atoms with E-state index in [2.05, 4.69) is 5.32 Å². The van der Waals surface area contributed by atoms with Gasteiger partial charge in [0.25, 0.3) is 10.0 Å². The second-order valence-corrected chi connectivity index (χ2v) is 12.4. The molecular formula is C30H33ClF3N3O4S. The summed E-state index contributed by atoms with van der Waals surface area (Å²) in [6.45, 7) is 6.25. The number of hydrogen-bond donors (Lipinski definition) is 1. The first-order valence-corrected chi connectivity index (χ1v) is 15.1. The quantitative estimate of drug-likeness (QED) is 0.276. The molecule has 42 heavy (non-hydrogen) atoms. The fraction of sp³-hybridized carbons (Fsp3) is 0.333. The molecule has 0 radical (unpaired) electrons. The normalized spacial score (nSPS) is 12.6. The van der Waals surface area contributed by atoms with Gasteiger partial charge in [-0.3, -0.25) is 13.9 Å². The Balaban J connectivity index is 2.13. The van der Waals surface area contributed by atoms with E-state index in [-0.39, 0.29) is 23.9 Å². The number of carbonyl (C=O) groups is 2. The number of benzene rings is 3. The Morgan fingerprint density at radius 2 is 1.60 bits per heavy atom. The van der Waals surface area contributed by atoms with Gasteiger partial charge in [0.05, 0.1) is 21.2 Å². The minimum Gasteiger partial charge on any atom is -0.352 e. The summed E-state index contributed by atoms with van der Waals surface area (Å²) in [7, 11) is -4.53. The number of nitrogens with zero attached hydrogens (tertiary/aromatic N) is 2. The lowest BCUT2D eigenvalue weighted by molar-refractivity contribution is -0.140. The van der Waals surface area contributed by atoms with Crippen molar-refractivity contribution in [1.82, 2.24) is 10.2 Å². The minimum atomic E-state index is -4.88. The standard InChI is InChI=1S/C30H33ClF3N3O4S/c1-5-27(29(39)35-20(2)3)36(18-22-13-11-21(4)12-14-22)28(38)19-37(42(40,41)24-9-7-6-8-10-24)23-15-16-26(31)25(17-23)30(32,33)34/h6-17,20,27H,5,18-19H2,1-4H3,(H,35,39)/t27-/m0/s1. The number of carbonyl (C=O) groups excluding carboxylic acids is 2. The van der Waals surface area contributed by atoms with Gasteiger partial charge < -0.3 is 10.2 Å². The molecule has 3 rings (SSSR count). The van der Waals surface area contributed by atoms with E-state index in [0.717, 1.165) is 17.7 Å². The van der Waals surface area contributed by atoms with Crippen LogP contribution in [0.3, 0.4) is 0 Å². The first kappa shape index (κ1) is 32.9. The molecule has 0 bridgehead atoms. The molecule has 1 atom stereocenters. The van der Waals surface area contributed by atoms with Gasteiger partial charge in [-0.05, 0) is 63.1 Å². The average molecular weight is 624 g/mol. The van der Waals surface area contributed by atoms with Crippen LogP contribution in [0, 0.1) is 6.92 Å². The summed E-state index contributed by atoms with van der Waals surface area (Å²) in [5.74, 6) is -1.21. The lowest BCUT2D eigenvalue weighted by Gasteiger charge is -2.33. The van der Waals surface area contributed by atoms with Crippen LogP contribution >= 0.6 is 11.6 Å². The molecule has 0 unspecified atom stereocenters. The van der Waals surface area contributed by atoms with E-state index in [9.17, 15) is 31.2 Å². The van der Waals surface area contributed by atoms with Crippen molar-refractivity contribution in [2.75, 3.05) is 10.8 Å². The monoisotopic (exact) mass is 623 g/mol. The molecule has 0 heterocycles. The Hall–Kier alpha value is -3.57. The van der Waals surface area contributed by atoms with Gasteiger partial charge in [-0.25, -0.2) is 8.42 Å². The Kier molecular flexibility index (Phi) is 10.7. The van der Waals surface area contributed by atoms with Gasteiger partial charge in [-0.2, -0.15) is 13.2 Å². The van der Waals surface area contributed by atoms with Crippen LogP contribution in [0.1, 0.15) is 43.9 Å². The fourth-order valence-electron chi connectivity index (χ4n) is 4.32. The van der Waals surface area contributed by atoms with Crippen molar-refractivity contribution in [1.29, 1.82) is 0 Å². The first-order valence-electron chi connectivity index (χ1n) is 13.2. The second kappa shape index (κ2) is 13.6. The zero-order valence-corrected chi connectivity index (χ0v) is 25.2. The SMILES string of the molecule is CC[C@@H](C(=O)NC(C)C)N(Cc1ccc(C)cc1)C(=O)CN(c1ccc(Cl)c(C(F)(F)F)c1)S(=O)(=O)c1ccccc1. The third kappa shape index (κ3) is 8.04.